The Balaban J connectivity index is 2.45. The predicted octanol–water partition coefficient (Wildman–Crippen LogP) is 2.90. The number of nitrogens with one attached hydrogen (secondary N) is 1. The zero-order valence-electron chi connectivity index (χ0n) is 13.3. The Hall–Kier alpha value is -1.84. The lowest BCUT2D eigenvalue weighted by atomic mass is 9.86. The molecule has 0 heterocycles. The molecular weight excluding hydrogens is 266 g/mol. The van der Waals surface area contributed by atoms with Crippen LogP contribution in [0.4, 0.5) is 0 Å². The zero-order valence-corrected chi connectivity index (χ0v) is 13.3. The topological polar surface area (TPSA) is 66.4 Å². The Labute approximate surface area is 126 Å². The van der Waals surface area contributed by atoms with Gasteiger partial charge in [-0.05, 0) is 29.9 Å². The summed E-state index contributed by atoms with van der Waals surface area (Å²) in [5.41, 5.74) is 2.51. The van der Waals surface area contributed by atoms with Gasteiger partial charge in [0, 0.05) is 12.5 Å². The maximum absolute atomic E-state index is 11.7. The van der Waals surface area contributed by atoms with Gasteiger partial charge in [-0.1, -0.05) is 45.0 Å². The van der Waals surface area contributed by atoms with Crippen molar-refractivity contribution in [3.8, 4) is 0 Å². The van der Waals surface area contributed by atoms with E-state index in [2.05, 4.69) is 50.4 Å². The van der Waals surface area contributed by atoms with Crippen LogP contribution in [0.15, 0.2) is 24.3 Å². The maximum atomic E-state index is 11.7. The van der Waals surface area contributed by atoms with Crippen LogP contribution in [0.25, 0.3) is 0 Å². The van der Waals surface area contributed by atoms with Crippen LogP contribution in [0.5, 0.6) is 0 Å². The number of rotatable bonds is 6. The van der Waals surface area contributed by atoms with Crippen LogP contribution in [0, 0.1) is 0 Å². The Morgan fingerprint density at radius 3 is 2.24 bits per heavy atom. The highest BCUT2D eigenvalue weighted by Crippen LogP contribution is 2.22. The van der Waals surface area contributed by atoms with Gasteiger partial charge >= 0.3 is 5.97 Å². The third-order valence-corrected chi connectivity index (χ3v) is 3.35. The van der Waals surface area contributed by atoms with Gasteiger partial charge in [-0.3, -0.25) is 9.59 Å². The molecule has 1 atom stereocenters. The minimum absolute atomic E-state index is 0.0496. The lowest BCUT2D eigenvalue weighted by Crippen LogP contribution is -2.34. The third-order valence-electron chi connectivity index (χ3n) is 3.35. The number of aryl methyl sites for hydroxylation is 1. The molecule has 1 unspecified atom stereocenters. The molecule has 1 aromatic rings. The Bertz CT molecular complexity index is 486. The van der Waals surface area contributed by atoms with Crippen LogP contribution in [-0.4, -0.2) is 23.0 Å². The fourth-order valence-corrected chi connectivity index (χ4v) is 2.09. The van der Waals surface area contributed by atoms with Gasteiger partial charge in [-0.2, -0.15) is 0 Å². The molecule has 21 heavy (non-hydrogen) atoms. The van der Waals surface area contributed by atoms with Gasteiger partial charge in [0.05, 0.1) is 6.42 Å². The summed E-state index contributed by atoms with van der Waals surface area (Å²) in [5.74, 6) is -1.01. The van der Waals surface area contributed by atoms with Crippen molar-refractivity contribution >= 4 is 11.9 Å². The number of carbonyl (C=O) groups is 2. The van der Waals surface area contributed by atoms with E-state index in [4.69, 9.17) is 5.11 Å². The lowest BCUT2D eigenvalue weighted by molar-refractivity contribution is -0.137. The second-order valence-corrected chi connectivity index (χ2v) is 6.51. The third kappa shape index (κ3) is 6.43. The van der Waals surface area contributed by atoms with E-state index < -0.39 is 5.97 Å². The largest absolute Gasteiger partial charge is 0.481 e. The van der Waals surface area contributed by atoms with Crippen molar-refractivity contribution in [1.82, 2.24) is 5.32 Å². The first-order chi connectivity index (χ1) is 9.68. The highest BCUT2D eigenvalue weighted by Gasteiger charge is 2.13. The molecule has 0 aliphatic heterocycles. The van der Waals surface area contributed by atoms with E-state index in [0.29, 0.717) is 12.8 Å². The Kier molecular flexibility index (Phi) is 5.94. The minimum atomic E-state index is -0.902. The summed E-state index contributed by atoms with van der Waals surface area (Å²) in [6, 6.07) is 7.96. The zero-order chi connectivity index (χ0) is 16.0. The van der Waals surface area contributed by atoms with Crippen LogP contribution in [-0.2, 0) is 21.4 Å². The van der Waals surface area contributed by atoms with Gasteiger partial charge in [-0.25, -0.2) is 0 Å². The van der Waals surface area contributed by atoms with E-state index in [-0.39, 0.29) is 23.8 Å². The van der Waals surface area contributed by atoms with Gasteiger partial charge in [0.15, 0.2) is 0 Å². The van der Waals surface area contributed by atoms with Gasteiger partial charge < -0.3 is 10.4 Å². The predicted molar refractivity (Wildman–Crippen MR) is 83.3 cm³/mol. The summed E-state index contributed by atoms with van der Waals surface area (Å²) in [6.45, 7) is 8.20. The second kappa shape index (κ2) is 7.25. The number of hydrogen-bond acceptors (Lipinski definition) is 2. The summed E-state index contributed by atoms with van der Waals surface area (Å²) in [7, 11) is 0. The van der Waals surface area contributed by atoms with Gasteiger partial charge in [0.25, 0.3) is 0 Å². The van der Waals surface area contributed by atoms with Crippen LogP contribution >= 0.6 is 0 Å². The highest BCUT2D eigenvalue weighted by molar-refractivity contribution is 5.77. The first kappa shape index (κ1) is 17.2. The van der Waals surface area contributed by atoms with Gasteiger partial charge in [0.1, 0.15) is 0 Å². The van der Waals surface area contributed by atoms with Crippen molar-refractivity contribution in [1.29, 1.82) is 0 Å². The van der Waals surface area contributed by atoms with Gasteiger partial charge in [-0.15, -0.1) is 0 Å². The van der Waals surface area contributed by atoms with Crippen molar-refractivity contribution in [3.05, 3.63) is 35.4 Å². The number of hydrogen-bond donors (Lipinski definition) is 2. The molecule has 1 aromatic carbocycles. The molecule has 0 saturated heterocycles. The number of aliphatic carboxylic acids is 1. The summed E-state index contributed by atoms with van der Waals surface area (Å²) in [4.78, 5) is 22.3. The number of amides is 1. The maximum Gasteiger partial charge on any atom is 0.305 e. The number of benzene rings is 1. The van der Waals surface area contributed by atoms with Crippen molar-refractivity contribution in [2.45, 2.75) is 58.4 Å². The molecule has 1 amide bonds. The van der Waals surface area contributed by atoms with E-state index in [1.807, 2.05) is 0 Å². The summed E-state index contributed by atoms with van der Waals surface area (Å²) < 4.78 is 0. The molecule has 0 radical (unpaired) electrons. The van der Waals surface area contributed by atoms with Crippen LogP contribution in [0.1, 0.15) is 51.7 Å². The van der Waals surface area contributed by atoms with E-state index >= 15 is 0 Å². The average molecular weight is 291 g/mol. The van der Waals surface area contributed by atoms with Gasteiger partial charge in [0.2, 0.25) is 5.91 Å². The van der Waals surface area contributed by atoms with Crippen LogP contribution in [0.2, 0.25) is 0 Å². The molecule has 0 fully saturated rings. The fourth-order valence-electron chi connectivity index (χ4n) is 2.09. The minimum Gasteiger partial charge on any atom is -0.481 e. The fraction of sp³-hybridized carbons (Fsp3) is 0.529. The molecule has 116 valence electrons. The van der Waals surface area contributed by atoms with Crippen LogP contribution < -0.4 is 5.32 Å². The first-order valence-corrected chi connectivity index (χ1v) is 7.29. The molecular formula is C17H25NO3. The van der Waals surface area contributed by atoms with Crippen molar-refractivity contribution in [3.63, 3.8) is 0 Å². The van der Waals surface area contributed by atoms with E-state index in [0.717, 1.165) is 5.56 Å². The normalized spacial score (nSPS) is 12.8. The van der Waals surface area contributed by atoms with E-state index in [1.165, 1.54) is 5.56 Å². The molecule has 0 aliphatic rings. The summed E-state index contributed by atoms with van der Waals surface area (Å²) in [5, 5.41) is 11.3. The molecule has 0 spiro atoms. The quantitative estimate of drug-likeness (QED) is 0.847. The number of carbonyl (C=O) groups excluding carboxylic acids is 1. The van der Waals surface area contributed by atoms with Crippen molar-refractivity contribution in [2.75, 3.05) is 0 Å². The summed E-state index contributed by atoms with van der Waals surface area (Å²) >= 11 is 0. The Morgan fingerprint density at radius 1 is 1.19 bits per heavy atom. The molecule has 0 saturated carbocycles. The molecule has 4 nitrogen and oxygen atoms in total. The standard InChI is InChI=1S/C17H25NO3/c1-12(11-16(20)21)18-15(19)10-7-13-5-8-14(9-6-13)17(2,3)4/h5-6,8-9,12H,7,10-11H2,1-4H3,(H,18,19)(H,20,21). The molecule has 1 rings (SSSR count). The molecule has 0 aromatic heterocycles. The van der Waals surface area contributed by atoms with Crippen LogP contribution in [0.3, 0.4) is 0 Å². The number of carboxylic acid groups (broad SMARTS) is 1. The van der Waals surface area contributed by atoms with E-state index in [1.54, 1.807) is 6.92 Å². The number of carboxylic acids is 1. The Morgan fingerprint density at radius 2 is 1.76 bits per heavy atom. The van der Waals surface area contributed by atoms with Crippen molar-refractivity contribution in [2.24, 2.45) is 0 Å². The lowest BCUT2D eigenvalue weighted by Gasteiger charge is -2.19. The average Bonchev–Trinajstić information content (AvgIpc) is 2.34. The second-order valence-electron chi connectivity index (χ2n) is 6.51. The summed E-state index contributed by atoms with van der Waals surface area (Å²) in [6.07, 6.45) is 0.987. The molecule has 0 bridgehead atoms. The monoisotopic (exact) mass is 291 g/mol. The van der Waals surface area contributed by atoms with Crippen molar-refractivity contribution < 1.29 is 14.7 Å². The van der Waals surface area contributed by atoms with E-state index in [9.17, 15) is 9.59 Å². The first-order valence-electron chi connectivity index (χ1n) is 7.29. The highest BCUT2D eigenvalue weighted by atomic mass is 16.4. The molecule has 0 aliphatic carbocycles. The molecule has 2 N–H and O–H groups in total. The smallest absolute Gasteiger partial charge is 0.305 e. The molecule has 4 heteroatoms. The SMILES string of the molecule is CC(CC(=O)O)NC(=O)CCc1ccc(C(C)(C)C)cc1.